The van der Waals surface area contributed by atoms with Gasteiger partial charge in [-0.3, -0.25) is 9.59 Å². The van der Waals surface area contributed by atoms with Crippen LogP contribution >= 0.6 is 45.3 Å². The molecule has 0 atom stereocenters. The highest BCUT2D eigenvalue weighted by Gasteiger charge is 2.20. The Bertz CT molecular complexity index is 2120. The van der Waals surface area contributed by atoms with E-state index in [1.54, 1.807) is 45.3 Å². The highest BCUT2D eigenvalue weighted by Crippen LogP contribution is 2.46. The second-order valence-electron chi connectivity index (χ2n) is 11.5. The van der Waals surface area contributed by atoms with E-state index in [-0.39, 0.29) is 11.6 Å². The number of anilines is 1. The number of fused-ring (bicyclic) bond motifs is 6. The molecular formula is C37H33NO2S4. The van der Waals surface area contributed by atoms with Crippen molar-refractivity contribution in [3.8, 4) is 0 Å². The molecule has 4 heterocycles. The molecule has 3 aromatic carbocycles. The minimum absolute atomic E-state index is 0.0746. The molecule has 0 bridgehead atoms. The van der Waals surface area contributed by atoms with E-state index in [1.807, 2.05) is 61.5 Å². The second-order valence-corrected chi connectivity index (χ2v) is 15.7. The lowest BCUT2D eigenvalue weighted by Gasteiger charge is -2.07. The number of carbonyl (C=O) groups excluding carboxylic acids is 2. The Morgan fingerprint density at radius 3 is 1.68 bits per heavy atom. The number of nitrogens with one attached hydrogen (secondary N) is 1. The minimum atomic E-state index is 0.0746. The first kappa shape index (κ1) is 29.4. The Morgan fingerprint density at radius 2 is 1.11 bits per heavy atom. The Kier molecular flexibility index (Phi) is 8.38. The van der Waals surface area contributed by atoms with Gasteiger partial charge < -0.3 is 5.32 Å². The van der Waals surface area contributed by atoms with Crippen molar-refractivity contribution in [1.82, 2.24) is 0 Å². The van der Waals surface area contributed by atoms with Gasteiger partial charge in [0.15, 0.2) is 0 Å². The summed E-state index contributed by atoms with van der Waals surface area (Å²) in [5.74, 6) is 0.152. The van der Waals surface area contributed by atoms with E-state index in [9.17, 15) is 9.59 Å². The van der Waals surface area contributed by atoms with Gasteiger partial charge in [-0.05, 0) is 61.9 Å². The molecular weight excluding hydrogens is 619 g/mol. The molecule has 222 valence electrons. The zero-order valence-corrected chi connectivity index (χ0v) is 28.1. The largest absolute Gasteiger partial charge is 0.385 e. The van der Waals surface area contributed by atoms with Crippen molar-refractivity contribution in [2.45, 2.75) is 52.4 Å². The van der Waals surface area contributed by atoms with Gasteiger partial charge in [-0.15, -0.1) is 45.3 Å². The first-order chi connectivity index (χ1) is 21.5. The monoisotopic (exact) mass is 651 g/mol. The van der Waals surface area contributed by atoms with Crippen LogP contribution in [0.1, 0.15) is 81.5 Å². The summed E-state index contributed by atoms with van der Waals surface area (Å²) in [5, 5.41) is 5.88. The Morgan fingerprint density at radius 1 is 0.591 bits per heavy atom. The number of unbranched alkanes of at least 4 members (excludes halogenated alkanes) is 5. The number of benzene rings is 3. The van der Waals surface area contributed by atoms with Crippen molar-refractivity contribution in [2.24, 2.45) is 0 Å². The summed E-state index contributed by atoms with van der Waals surface area (Å²) in [6, 6.07) is 24.4. The number of hydrogen-bond acceptors (Lipinski definition) is 7. The SMILES string of the molecule is CCCCCCCCNc1ccc(C(=O)c2cc3sc4cc5sc6cc(C(=O)c7ccc(C)cc7)sc6c5cc4c3s2)cc1. The standard InChI is InChI=1S/C37H33NO2S4/c1-3-4-5-6-7-8-17-38-25-15-13-24(14-16-25)35(40)31-21-33-37(44-31)27-18-26-28(19-29(27)42-33)41-32-20-30(43-36(26)32)34(39)23-11-9-22(2)10-12-23/h9-16,18-21,38H,3-8,17H2,1-2H3. The third kappa shape index (κ3) is 5.74. The van der Waals surface area contributed by atoms with Crippen LogP contribution in [-0.2, 0) is 0 Å². The second kappa shape index (κ2) is 12.6. The van der Waals surface area contributed by atoms with Crippen molar-refractivity contribution in [3.63, 3.8) is 0 Å². The van der Waals surface area contributed by atoms with Gasteiger partial charge in [0.25, 0.3) is 0 Å². The van der Waals surface area contributed by atoms with Gasteiger partial charge >= 0.3 is 0 Å². The highest BCUT2D eigenvalue weighted by molar-refractivity contribution is 7.35. The lowest BCUT2D eigenvalue weighted by Crippen LogP contribution is -2.03. The first-order valence-corrected chi connectivity index (χ1v) is 18.6. The molecule has 44 heavy (non-hydrogen) atoms. The Hall–Kier alpha value is -3.36. The lowest BCUT2D eigenvalue weighted by molar-refractivity contribution is 0.103. The van der Waals surface area contributed by atoms with E-state index in [1.165, 1.54) is 68.1 Å². The first-order valence-electron chi connectivity index (χ1n) is 15.3. The molecule has 0 saturated carbocycles. The summed E-state index contributed by atoms with van der Waals surface area (Å²) in [4.78, 5) is 28.2. The molecule has 7 aromatic rings. The average molecular weight is 652 g/mol. The van der Waals surface area contributed by atoms with Gasteiger partial charge in [0.05, 0.1) is 19.2 Å². The fraction of sp³-hybridized carbons (Fsp3) is 0.243. The minimum Gasteiger partial charge on any atom is -0.385 e. The number of aryl methyl sites for hydroxylation is 1. The number of hydrogen-bond donors (Lipinski definition) is 1. The van der Waals surface area contributed by atoms with Crippen molar-refractivity contribution < 1.29 is 9.59 Å². The Labute approximate surface area is 273 Å². The van der Waals surface area contributed by atoms with Crippen LogP contribution < -0.4 is 5.32 Å². The fourth-order valence-electron chi connectivity index (χ4n) is 5.69. The lowest BCUT2D eigenvalue weighted by atomic mass is 10.1. The summed E-state index contributed by atoms with van der Waals surface area (Å²) in [5.41, 5.74) is 3.66. The molecule has 0 radical (unpaired) electrons. The zero-order chi connectivity index (χ0) is 30.2. The van der Waals surface area contributed by atoms with Gasteiger partial charge in [0.1, 0.15) is 0 Å². The highest BCUT2D eigenvalue weighted by atomic mass is 32.1. The topological polar surface area (TPSA) is 46.2 Å². The Balaban J connectivity index is 1.10. The molecule has 7 heteroatoms. The van der Waals surface area contributed by atoms with Gasteiger partial charge in [-0.2, -0.15) is 0 Å². The number of carbonyl (C=O) groups is 2. The van der Waals surface area contributed by atoms with Crippen molar-refractivity contribution in [2.75, 3.05) is 11.9 Å². The molecule has 0 spiro atoms. The zero-order valence-electron chi connectivity index (χ0n) is 24.8. The van der Waals surface area contributed by atoms with Gasteiger partial charge in [0.2, 0.25) is 11.6 Å². The van der Waals surface area contributed by atoms with Gasteiger partial charge in [0, 0.05) is 52.9 Å². The molecule has 0 amide bonds. The molecule has 0 aliphatic heterocycles. The third-order valence-corrected chi connectivity index (χ3v) is 13.0. The van der Waals surface area contributed by atoms with E-state index in [2.05, 4.69) is 30.4 Å². The van der Waals surface area contributed by atoms with E-state index in [0.717, 1.165) is 48.1 Å². The molecule has 0 aliphatic rings. The summed E-state index contributed by atoms with van der Waals surface area (Å²) in [6.45, 7) is 5.24. The third-order valence-electron chi connectivity index (χ3n) is 8.17. The molecule has 0 unspecified atom stereocenters. The summed E-state index contributed by atoms with van der Waals surface area (Å²) >= 11 is 6.67. The van der Waals surface area contributed by atoms with Crippen LogP contribution in [0.25, 0.3) is 39.0 Å². The molecule has 0 aliphatic carbocycles. The van der Waals surface area contributed by atoms with Crippen molar-refractivity contribution >= 4 is 102 Å². The fourth-order valence-corrected chi connectivity index (χ4v) is 10.8. The van der Waals surface area contributed by atoms with Crippen LogP contribution in [-0.4, -0.2) is 18.1 Å². The molecule has 0 fully saturated rings. The molecule has 7 rings (SSSR count). The van der Waals surface area contributed by atoms with Crippen LogP contribution in [0.4, 0.5) is 5.69 Å². The van der Waals surface area contributed by atoms with Crippen LogP contribution in [0.3, 0.4) is 0 Å². The maximum absolute atomic E-state index is 13.5. The van der Waals surface area contributed by atoms with Crippen LogP contribution in [0.15, 0.2) is 72.8 Å². The average Bonchev–Trinajstić information content (AvgIpc) is 3.79. The molecule has 0 saturated heterocycles. The predicted octanol–water partition coefficient (Wildman–Crippen LogP) is 12.1. The summed E-state index contributed by atoms with van der Waals surface area (Å²) in [7, 11) is 0. The van der Waals surface area contributed by atoms with Crippen molar-refractivity contribution in [3.05, 3.63) is 99.2 Å². The summed E-state index contributed by atoms with van der Waals surface area (Å²) < 4.78 is 7.12. The van der Waals surface area contributed by atoms with Crippen LogP contribution in [0.5, 0.6) is 0 Å². The van der Waals surface area contributed by atoms with Crippen LogP contribution in [0, 0.1) is 6.92 Å². The maximum atomic E-state index is 13.5. The van der Waals surface area contributed by atoms with Crippen molar-refractivity contribution in [1.29, 1.82) is 0 Å². The van der Waals surface area contributed by atoms with E-state index in [4.69, 9.17) is 0 Å². The predicted molar refractivity (Wildman–Crippen MR) is 194 cm³/mol. The van der Waals surface area contributed by atoms with Gasteiger partial charge in [-0.1, -0.05) is 68.9 Å². The van der Waals surface area contributed by atoms with E-state index in [0.29, 0.717) is 0 Å². The van der Waals surface area contributed by atoms with Gasteiger partial charge in [-0.25, -0.2) is 0 Å². The molecule has 1 N–H and O–H groups in total. The number of rotatable bonds is 12. The number of ketones is 2. The van der Waals surface area contributed by atoms with E-state index >= 15 is 0 Å². The quantitative estimate of drug-likeness (QED) is 0.106. The molecule has 4 aromatic heterocycles. The molecule has 3 nitrogen and oxygen atoms in total. The van der Waals surface area contributed by atoms with Crippen LogP contribution in [0.2, 0.25) is 0 Å². The smallest absolute Gasteiger partial charge is 0.203 e. The maximum Gasteiger partial charge on any atom is 0.203 e. The van der Waals surface area contributed by atoms with E-state index < -0.39 is 0 Å². The normalized spacial score (nSPS) is 11.8. The summed E-state index contributed by atoms with van der Waals surface area (Å²) in [6.07, 6.45) is 7.69. The number of thiophene rings is 4.